The molecule has 3 aliphatic rings. The molecule has 3 unspecified atom stereocenters. The molecule has 3 fully saturated rings. The molecule has 0 bridgehead atoms. The van der Waals surface area contributed by atoms with E-state index in [2.05, 4.69) is 29.0 Å². The number of carbonyl (C=O) groups is 1. The van der Waals surface area contributed by atoms with Gasteiger partial charge in [-0.15, -0.1) is 0 Å². The van der Waals surface area contributed by atoms with E-state index in [1.165, 1.54) is 32.2 Å². The van der Waals surface area contributed by atoms with E-state index in [1.807, 2.05) is 0 Å². The highest BCUT2D eigenvalue weighted by Gasteiger charge is 2.26. The molecule has 25 heavy (non-hydrogen) atoms. The van der Waals surface area contributed by atoms with Crippen molar-refractivity contribution in [1.29, 1.82) is 0 Å². The highest BCUT2D eigenvalue weighted by molar-refractivity contribution is 5.76. The Kier molecular flexibility index (Phi) is 7.14. The summed E-state index contributed by atoms with van der Waals surface area (Å²) in [5.41, 5.74) is 0. The third-order valence-corrected chi connectivity index (χ3v) is 6.24. The van der Waals surface area contributed by atoms with Crippen molar-refractivity contribution in [2.45, 2.75) is 64.6 Å². The molecule has 3 aliphatic heterocycles. The van der Waals surface area contributed by atoms with E-state index < -0.39 is 0 Å². The van der Waals surface area contributed by atoms with Crippen molar-refractivity contribution in [3.63, 3.8) is 0 Å². The highest BCUT2D eigenvalue weighted by Crippen LogP contribution is 2.23. The number of hydrogen-bond donors (Lipinski definition) is 1. The molecule has 144 valence electrons. The first kappa shape index (κ1) is 19.1. The largest absolute Gasteiger partial charge is 0.373 e. The number of piperidine rings is 1. The first-order chi connectivity index (χ1) is 12.1. The Morgan fingerprint density at radius 1 is 1.04 bits per heavy atom. The molecular formula is C20H37N3O2. The average Bonchev–Trinajstić information content (AvgIpc) is 3.11. The Balaban J connectivity index is 1.30. The lowest BCUT2D eigenvalue weighted by molar-refractivity contribution is -0.133. The molecule has 0 radical (unpaired) electrons. The number of morpholine rings is 1. The van der Waals surface area contributed by atoms with Crippen LogP contribution in [0.3, 0.4) is 0 Å². The molecule has 5 heteroatoms. The summed E-state index contributed by atoms with van der Waals surface area (Å²) in [6.45, 7) is 11.9. The maximum atomic E-state index is 12.4. The molecule has 0 aliphatic carbocycles. The Labute approximate surface area is 153 Å². The Hall–Kier alpha value is -0.650. The minimum Gasteiger partial charge on any atom is -0.373 e. The molecular weight excluding hydrogens is 314 g/mol. The van der Waals surface area contributed by atoms with E-state index in [4.69, 9.17) is 4.74 Å². The lowest BCUT2D eigenvalue weighted by atomic mass is 9.92. The van der Waals surface area contributed by atoms with Crippen LogP contribution in [-0.4, -0.2) is 73.7 Å². The number of rotatable bonds is 6. The summed E-state index contributed by atoms with van der Waals surface area (Å²) >= 11 is 0. The first-order valence-electron chi connectivity index (χ1n) is 10.5. The molecule has 0 spiro atoms. The van der Waals surface area contributed by atoms with Crippen molar-refractivity contribution in [3.05, 3.63) is 0 Å². The Morgan fingerprint density at radius 2 is 1.76 bits per heavy atom. The molecule has 1 N–H and O–H groups in total. The maximum Gasteiger partial charge on any atom is 0.222 e. The average molecular weight is 352 g/mol. The number of likely N-dealkylation sites (tertiary alicyclic amines) is 1. The highest BCUT2D eigenvalue weighted by atomic mass is 16.5. The van der Waals surface area contributed by atoms with Crippen LogP contribution in [0.25, 0.3) is 0 Å². The predicted octanol–water partition coefficient (Wildman–Crippen LogP) is 2.11. The van der Waals surface area contributed by atoms with Gasteiger partial charge in [-0.25, -0.2) is 0 Å². The number of ether oxygens (including phenoxy) is 1. The molecule has 3 heterocycles. The minimum absolute atomic E-state index is 0.360. The van der Waals surface area contributed by atoms with Gasteiger partial charge in [0.15, 0.2) is 0 Å². The number of nitrogens with one attached hydrogen (secondary N) is 1. The van der Waals surface area contributed by atoms with Crippen LogP contribution in [0.1, 0.15) is 52.4 Å². The van der Waals surface area contributed by atoms with Gasteiger partial charge in [0.05, 0.1) is 12.2 Å². The second-order valence-electron chi connectivity index (χ2n) is 8.53. The van der Waals surface area contributed by atoms with Gasteiger partial charge < -0.3 is 15.0 Å². The number of nitrogens with zero attached hydrogens (tertiary/aromatic N) is 2. The normalized spacial score (nSPS) is 32.2. The molecule has 3 saturated heterocycles. The standard InChI is InChI=1S/C20H37N3O2/c1-16-14-22(15-17(2)25-16)10-6-18-7-11-23(12-8-18)20(24)4-3-19-5-9-21-13-19/h16-19,21H,3-15H2,1-2H3. The van der Waals surface area contributed by atoms with Gasteiger partial charge in [-0.2, -0.15) is 0 Å². The van der Waals surface area contributed by atoms with E-state index in [-0.39, 0.29) is 0 Å². The van der Waals surface area contributed by atoms with Gasteiger partial charge >= 0.3 is 0 Å². The summed E-state index contributed by atoms with van der Waals surface area (Å²) in [4.78, 5) is 17.1. The van der Waals surface area contributed by atoms with E-state index >= 15 is 0 Å². The van der Waals surface area contributed by atoms with Crippen LogP contribution in [0.5, 0.6) is 0 Å². The third-order valence-electron chi connectivity index (χ3n) is 6.24. The summed E-state index contributed by atoms with van der Waals surface area (Å²) in [5.74, 6) is 1.90. The fourth-order valence-corrected chi connectivity index (χ4v) is 4.75. The predicted molar refractivity (Wildman–Crippen MR) is 101 cm³/mol. The first-order valence-corrected chi connectivity index (χ1v) is 10.5. The van der Waals surface area contributed by atoms with Crippen LogP contribution in [0, 0.1) is 11.8 Å². The molecule has 3 rings (SSSR count). The van der Waals surface area contributed by atoms with Crippen LogP contribution in [0.2, 0.25) is 0 Å². The van der Waals surface area contributed by atoms with Crippen molar-refractivity contribution >= 4 is 5.91 Å². The molecule has 0 aromatic carbocycles. The summed E-state index contributed by atoms with van der Waals surface area (Å²) < 4.78 is 5.82. The molecule has 0 aromatic rings. The number of amides is 1. The quantitative estimate of drug-likeness (QED) is 0.796. The molecule has 0 aromatic heterocycles. The van der Waals surface area contributed by atoms with E-state index in [9.17, 15) is 4.79 Å². The molecule has 5 nitrogen and oxygen atoms in total. The van der Waals surface area contributed by atoms with E-state index in [0.29, 0.717) is 18.1 Å². The second kappa shape index (κ2) is 9.33. The van der Waals surface area contributed by atoms with Crippen LogP contribution >= 0.6 is 0 Å². The van der Waals surface area contributed by atoms with E-state index in [1.54, 1.807) is 0 Å². The second-order valence-corrected chi connectivity index (χ2v) is 8.53. The van der Waals surface area contributed by atoms with Crippen molar-refractivity contribution in [2.75, 3.05) is 45.8 Å². The molecule has 3 atom stereocenters. The smallest absolute Gasteiger partial charge is 0.222 e. The van der Waals surface area contributed by atoms with Gasteiger partial charge in [-0.1, -0.05) is 0 Å². The van der Waals surface area contributed by atoms with E-state index in [0.717, 1.165) is 63.9 Å². The summed E-state index contributed by atoms with van der Waals surface area (Å²) in [7, 11) is 0. The summed E-state index contributed by atoms with van der Waals surface area (Å²) in [5, 5.41) is 3.39. The van der Waals surface area contributed by atoms with Crippen molar-refractivity contribution < 1.29 is 9.53 Å². The van der Waals surface area contributed by atoms with Crippen molar-refractivity contribution in [1.82, 2.24) is 15.1 Å². The van der Waals surface area contributed by atoms with Crippen molar-refractivity contribution in [2.24, 2.45) is 11.8 Å². The fourth-order valence-electron chi connectivity index (χ4n) is 4.75. The Bertz CT molecular complexity index is 407. The number of carbonyl (C=O) groups excluding carboxylic acids is 1. The zero-order valence-corrected chi connectivity index (χ0v) is 16.2. The fraction of sp³-hybridized carbons (Fsp3) is 0.950. The summed E-state index contributed by atoms with van der Waals surface area (Å²) in [6, 6.07) is 0. The van der Waals surface area contributed by atoms with Crippen LogP contribution in [0.4, 0.5) is 0 Å². The van der Waals surface area contributed by atoms with Crippen molar-refractivity contribution in [3.8, 4) is 0 Å². The molecule has 1 amide bonds. The number of hydrogen-bond acceptors (Lipinski definition) is 4. The van der Waals surface area contributed by atoms with Gasteiger partial charge in [0.2, 0.25) is 5.91 Å². The molecule has 0 saturated carbocycles. The van der Waals surface area contributed by atoms with Crippen LogP contribution in [0.15, 0.2) is 0 Å². The Morgan fingerprint density at radius 3 is 2.40 bits per heavy atom. The monoisotopic (exact) mass is 351 g/mol. The van der Waals surface area contributed by atoms with Crippen LogP contribution in [-0.2, 0) is 9.53 Å². The van der Waals surface area contributed by atoms with Gasteiger partial charge in [0, 0.05) is 32.6 Å². The lowest BCUT2D eigenvalue weighted by Gasteiger charge is -2.37. The maximum absolute atomic E-state index is 12.4. The van der Waals surface area contributed by atoms with Gasteiger partial charge in [-0.3, -0.25) is 9.69 Å². The zero-order valence-electron chi connectivity index (χ0n) is 16.2. The van der Waals surface area contributed by atoms with Crippen LogP contribution < -0.4 is 5.32 Å². The topological polar surface area (TPSA) is 44.8 Å². The summed E-state index contributed by atoms with van der Waals surface area (Å²) in [6.07, 6.45) is 7.43. The zero-order chi connectivity index (χ0) is 17.6. The van der Waals surface area contributed by atoms with Gasteiger partial charge in [0.1, 0.15) is 0 Å². The minimum atomic E-state index is 0.360. The van der Waals surface area contributed by atoms with Gasteiger partial charge in [0.25, 0.3) is 0 Å². The van der Waals surface area contributed by atoms with Gasteiger partial charge in [-0.05, 0) is 77.4 Å². The third kappa shape index (κ3) is 5.93. The SMILES string of the molecule is CC1CN(CCC2CCN(C(=O)CCC3CCNC3)CC2)CC(C)O1. The lowest BCUT2D eigenvalue weighted by Crippen LogP contribution is -2.46.